The molecule has 2 heterocycles. The first-order chi connectivity index (χ1) is 8.81. The van der Waals surface area contributed by atoms with Crippen LogP contribution < -0.4 is 5.32 Å². The van der Waals surface area contributed by atoms with E-state index in [2.05, 4.69) is 34.1 Å². The molecule has 1 N–H and O–H groups in total. The van der Waals surface area contributed by atoms with Gasteiger partial charge in [0, 0.05) is 37.1 Å². The number of nitrogens with zero attached hydrogens (tertiary/aromatic N) is 3. The summed E-state index contributed by atoms with van der Waals surface area (Å²) in [6.45, 7) is 5.03. The average molecular weight is 242 g/mol. The van der Waals surface area contributed by atoms with Crippen molar-refractivity contribution in [3.63, 3.8) is 0 Å². The molecule has 0 unspecified atom stereocenters. The second-order valence-corrected chi connectivity index (χ2v) is 4.08. The monoisotopic (exact) mass is 242 g/mol. The summed E-state index contributed by atoms with van der Waals surface area (Å²) >= 11 is 0. The van der Waals surface area contributed by atoms with Crippen LogP contribution in [0.15, 0.2) is 30.6 Å². The summed E-state index contributed by atoms with van der Waals surface area (Å²) in [7, 11) is 0. The lowest BCUT2D eigenvalue weighted by molar-refractivity contribution is 0.901. The zero-order valence-corrected chi connectivity index (χ0v) is 10.8. The lowest BCUT2D eigenvalue weighted by atomic mass is 10.2. The number of pyridine rings is 1. The normalized spacial score (nSPS) is 10.3. The second kappa shape index (κ2) is 6.10. The topological polar surface area (TPSA) is 50.7 Å². The standard InChI is InChI=1S/C14H18N4/c1-3-12-9-13(16-4-2)18-14(17-12)8-11-6-5-7-15-10-11/h5-7,9-10H,3-4,8H2,1-2H3,(H,16,17,18). The van der Waals surface area contributed by atoms with Crippen molar-refractivity contribution in [3.05, 3.63) is 47.7 Å². The quantitative estimate of drug-likeness (QED) is 0.875. The summed E-state index contributed by atoms with van der Waals surface area (Å²) < 4.78 is 0. The minimum Gasteiger partial charge on any atom is -0.370 e. The first-order valence-corrected chi connectivity index (χ1v) is 6.31. The molecule has 0 aliphatic heterocycles. The van der Waals surface area contributed by atoms with E-state index in [1.807, 2.05) is 24.4 Å². The third-order valence-corrected chi connectivity index (χ3v) is 2.63. The summed E-state index contributed by atoms with van der Waals surface area (Å²) in [4.78, 5) is 13.2. The van der Waals surface area contributed by atoms with E-state index in [-0.39, 0.29) is 0 Å². The summed E-state index contributed by atoms with van der Waals surface area (Å²) in [5.41, 5.74) is 2.20. The van der Waals surface area contributed by atoms with Crippen LogP contribution in [0.2, 0.25) is 0 Å². The van der Waals surface area contributed by atoms with Crippen LogP contribution in [0, 0.1) is 0 Å². The molecule has 4 heteroatoms. The van der Waals surface area contributed by atoms with Gasteiger partial charge < -0.3 is 5.32 Å². The van der Waals surface area contributed by atoms with Gasteiger partial charge in [0.25, 0.3) is 0 Å². The molecule has 0 aliphatic rings. The van der Waals surface area contributed by atoms with Gasteiger partial charge in [-0.25, -0.2) is 9.97 Å². The molecule has 0 fully saturated rings. The molecule has 4 nitrogen and oxygen atoms in total. The second-order valence-electron chi connectivity index (χ2n) is 4.08. The molecule has 0 aromatic carbocycles. The van der Waals surface area contributed by atoms with Crippen molar-refractivity contribution in [2.45, 2.75) is 26.7 Å². The highest BCUT2D eigenvalue weighted by Crippen LogP contribution is 2.10. The van der Waals surface area contributed by atoms with E-state index in [4.69, 9.17) is 0 Å². The maximum absolute atomic E-state index is 4.55. The number of rotatable bonds is 5. The summed E-state index contributed by atoms with van der Waals surface area (Å²) in [5, 5.41) is 3.24. The van der Waals surface area contributed by atoms with E-state index >= 15 is 0 Å². The van der Waals surface area contributed by atoms with Crippen LogP contribution in [0.25, 0.3) is 0 Å². The Bertz CT molecular complexity index is 496. The number of nitrogens with one attached hydrogen (secondary N) is 1. The summed E-state index contributed by atoms with van der Waals surface area (Å²) in [6, 6.07) is 5.99. The lowest BCUT2D eigenvalue weighted by Gasteiger charge is -2.07. The highest BCUT2D eigenvalue weighted by Gasteiger charge is 2.04. The molecule has 0 bridgehead atoms. The first kappa shape index (κ1) is 12.5. The zero-order valence-electron chi connectivity index (χ0n) is 10.8. The Kier molecular flexibility index (Phi) is 4.23. The van der Waals surface area contributed by atoms with Crippen molar-refractivity contribution < 1.29 is 0 Å². The molecular formula is C14H18N4. The fraction of sp³-hybridized carbons (Fsp3) is 0.357. The Labute approximate surface area is 108 Å². The van der Waals surface area contributed by atoms with Crippen molar-refractivity contribution >= 4 is 5.82 Å². The van der Waals surface area contributed by atoms with Crippen LogP contribution in [0.3, 0.4) is 0 Å². The molecule has 0 aliphatic carbocycles. The minimum absolute atomic E-state index is 0.722. The molecule has 0 amide bonds. The molecule has 2 aromatic heterocycles. The lowest BCUT2D eigenvalue weighted by Crippen LogP contribution is -2.06. The summed E-state index contributed by atoms with van der Waals surface area (Å²) in [6.07, 6.45) is 5.27. The van der Waals surface area contributed by atoms with Gasteiger partial charge in [-0.1, -0.05) is 13.0 Å². The Balaban J connectivity index is 2.24. The number of aryl methyl sites for hydroxylation is 1. The van der Waals surface area contributed by atoms with Gasteiger partial charge in [-0.3, -0.25) is 4.98 Å². The molecule has 0 saturated heterocycles. The summed E-state index contributed by atoms with van der Waals surface area (Å²) in [5.74, 6) is 1.75. The maximum atomic E-state index is 4.55. The van der Waals surface area contributed by atoms with Crippen molar-refractivity contribution in [1.29, 1.82) is 0 Å². The fourth-order valence-corrected chi connectivity index (χ4v) is 1.77. The third-order valence-electron chi connectivity index (χ3n) is 2.63. The van der Waals surface area contributed by atoms with E-state index < -0.39 is 0 Å². The molecule has 2 rings (SSSR count). The van der Waals surface area contributed by atoms with E-state index in [1.165, 1.54) is 0 Å². The van der Waals surface area contributed by atoms with E-state index in [0.29, 0.717) is 0 Å². The van der Waals surface area contributed by atoms with Crippen molar-refractivity contribution in [2.75, 3.05) is 11.9 Å². The predicted molar refractivity (Wildman–Crippen MR) is 72.6 cm³/mol. The smallest absolute Gasteiger partial charge is 0.135 e. The van der Waals surface area contributed by atoms with Crippen molar-refractivity contribution in [2.24, 2.45) is 0 Å². The van der Waals surface area contributed by atoms with Crippen LogP contribution >= 0.6 is 0 Å². The minimum atomic E-state index is 0.722. The van der Waals surface area contributed by atoms with Crippen LogP contribution in [-0.2, 0) is 12.8 Å². The number of hydrogen-bond acceptors (Lipinski definition) is 4. The first-order valence-electron chi connectivity index (χ1n) is 6.31. The Morgan fingerprint density at radius 2 is 2.11 bits per heavy atom. The molecule has 2 aromatic rings. The fourth-order valence-electron chi connectivity index (χ4n) is 1.77. The largest absolute Gasteiger partial charge is 0.370 e. The highest BCUT2D eigenvalue weighted by atomic mass is 15.0. The maximum Gasteiger partial charge on any atom is 0.135 e. The molecule has 18 heavy (non-hydrogen) atoms. The number of anilines is 1. The van der Waals surface area contributed by atoms with Gasteiger partial charge >= 0.3 is 0 Å². The van der Waals surface area contributed by atoms with Gasteiger partial charge in [0.05, 0.1) is 0 Å². The molecule has 94 valence electrons. The Morgan fingerprint density at radius 1 is 1.22 bits per heavy atom. The van der Waals surface area contributed by atoms with E-state index in [1.54, 1.807) is 6.20 Å². The molecule has 0 spiro atoms. The van der Waals surface area contributed by atoms with Gasteiger partial charge in [-0.2, -0.15) is 0 Å². The van der Waals surface area contributed by atoms with Gasteiger partial charge in [-0.15, -0.1) is 0 Å². The molecule has 0 radical (unpaired) electrons. The van der Waals surface area contributed by atoms with Crippen LogP contribution in [-0.4, -0.2) is 21.5 Å². The highest BCUT2D eigenvalue weighted by molar-refractivity contribution is 5.36. The van der Waals surface area contributed by atoms with Crippen LogP contribution in [0.4, 0.5) is 5.82 Å². The number of hydrogen-bond donors (Lipinski definition) is 1. The third kappa shape index (κ3) is 3.26. The van der Waals surface area contributed by atoms with Crippen LogP contribution in [0.1, 0.15) is 30.9 Å². The van der Waals surface area contributed by atoms with Crippen molar-refractivity contribution in [3.8, 4) is 0 Å². The Hall–Kier alpha value is -1.97. The SMILES string of the molecule is CCNc1cc(CC)nc(Cc2cccnc2)n1. The van der Waals surface area contributed by atoms with Crippen LogP contribution in [0.5, 0.6) is 0 Å². The molecular weight excluding hydrogens is 224 g/mol. The predicted octanol–water partition coefficient (Wildman–Crippen LogP) is 2.46. The molecule has 0 atom stereocenters. The Morgan fingerprint density at radius 3 is 2.78 bits per heavy atom. The zero-order chi connectivity index (χ0) is 12.8. The van der Waals surface area contributed by atoms with Crippen molar-refractivity contribution in [1.82, 2.24) is 15.0 Å². The van der Waals surface area contributed by atoms with Gasteiger partial charge in [-0.05, 0) is 25.0 Å². The van der Waals surface area contributed by atoms with Gasteiger partial charge in [0.2, 0.25) is 0 Å². The average Bonchev–Trinajstić information content (AvgIpc) is 2.40. The molecule has 0 saturated carbocycles. The van der Waals surface area contributed by atoms with Gasteiger partial charge in [0.1, 0.15) is 11.6 Å². The van der Waals surface area contributed by atoms with E-state index in [9.17, 15) is 0 Å². The number of aromatic nitrogens is 3. The van der Waals surface area contributed by atoms with E-state index in [0.717, 1.165) is 42.3 Å². The van der Waals surface area contributed by atoms with Gasteiger partial charge in [0.15, 0.2) is 0 Å².